The average Bonchev–Trinajstić information content (AvgIpc) is 2.15. The van der Waals surface area contributed by atoms with Crippen LogP contribution in [0.2, 0.25) is 0 Å². The van der Waals surface area contributed by atoms with Crippen LogP contribution in [0.15, 0.2) is 23.3 Å². The lowest BCUT2D eigenvalue weighted by atomic mass is 9.85. The highest BCUT2D eigenvalue weighted by Gasteiger charge is 2.19. The predicted molar refractivity (Wildman–Crippen MR) is 61.2 cm³/mol. The highest BCUT2D eigenvalue weighted by atomic mass is 16.3. The molecule has 0 fully saturated rings. The smallest absolute Gasteiger partial charge is 0.0605 e. The van der Waals surface area contributed by atoms with Crippen molar-refractivity contribution in [3.63, 3.8) is 0 Å². The van der Waals surface area contributed by atoms with Crippen LogP contribution in [-0.2, 0) is 0 Å². The number of aliphatic hydroxyl groups is 1. The SMILES string of the molecule is CC(C)=CCC(O)C1CC=C(C)CC1. The first-order chi connectivity index (χ1) is 6.59. The van der Waals surface area contributed by atoms with Crippen LogP contribution in [0.4, 0.5) is 0 Å². The van der Waals surface area contributed by atoms with Gasteiger partial charge in [-0.2, -0.15) is 0 Å². The van der Waals surface area contributed by atoms with Gasteiger partial charge in [-0.05, 0) is 52.4 Å². The van der Waals surface area contributed by atoms with E-state index < -0.39 is 0 Å². The molecular formula is C13H22O. The van der Waals surface area contributed by atoms with Gasteiger partial charge in [0.2, 0.25) is 0 Å². The Kier molecular flexibility index (Phi) is 4.40. The number of hydrogen-bond acceptors (Lipinski definition) is 1. The fraction of sp³-hybridized carbons (Fsp3) is 0.692. The lowest BCUT2D eigenvalue weighted by Crippen LogP contribution is -2.21. The summed E-state index contributed by atoms with van der Waals surface area (Å²) in [5.74, 6) is 0.481. The van der Waals surface area contributed by atoms with Crippen molar-refractivity contribution in [2.75, 3.05) is 0 Å². The zero-order valence-corrected chi connectivity index (χ0v) is 9.59. The topological polar surface area (TPSA) is 20.2 Å². The van der Waals surface area contributed by atoms with Crippen molar-refractivity contribution in [3.8, 4) is 0 Å². The first-order valence-electron chi connectivity index (χ1n) is 5.56. The van der Waals surface area contributed by atoms with Crippen molar-refractivity contribution >= 4 is 0 Å². The Morgan fingerprint density at radius 2 is 2.36 bits per heavy atom. The van der Waals surface area contributed by atoms with Crippen LogP contribution in [0.25, 0.3) is 0 Å². The van der Waals surface area contributed by atoms with E-state index in [1.165, 1.54) is 11.1 Å². The normalized spacial score (nSPS) is 24.0. The fourth-order valence-electron chi connectivity index (χ4n) is 1.88. The quantitative estimate of drug-likeness (QED) is 0.682. The van der Waals surface area contributed by atoms with Crippen LogP contribution in [0.5, 0.6) is 0 Å². The molecule has 1 rings (SSSR count). The van der Waals surface area contributed by atoms with Gasteiger partial charge in [-0.25, -0.2) is 0 Å². The van der Waals surface area contributed by atoms with Gasteiger partial charge in [0, 0.05) is 0 Å². The predicted octanol–water partition coefficient (Wildman–Crippen LogP) is 3.45. The first kappa shape index (κ1) is 11.5. The minimum atomic E-state index is -0.144. The minimum Gasteiger partial charge on any atom is -0.393 e. The van der Waals surface area contributed by atoms with Gasteiger partial charge in [0.15, 0.2) is 0 Å². The van der Waals surface area contributed by atoms with E-state index in [0.29, 0.717) is 5.92 Å². The van der Waals surface area contributed by atoms with Crippen molar-refractivity contribution < 1.29 is 5.11 Å². The van der Waals surface area contributed by atoms with E-state index in [4.69, 9.17) is 0 Å². The first-order valence-corrected chi connectivity index (χ1v) is 5.56. The molecule has 2 atom stereocenters. The number of rotatable bonds is 3. The average molecular weight is 194 g/mol. The van der Waals surface area contributed by atoms with E-state index in [1.54, 1.807) is 0 Å². The summed E-state index contributed by atoms with van der Waals surface area (Å²) in [6.07, 6.45) is 8.46. The Bertz CT molecular complexity index is 234. The molecule has 1 N–H and O–H groups in total. The molecule has 1 aliphatic carbocycles. The molecule has 0 aliphatic heterocycles. The van der Waals surface area contributed by atoms with E-state index in [9.17, 15) is 5.11 Å². The van der Waals surface area contributed by atoms with Crippen molar-refractivity contribution in [3.05, 3.63) is 23.3 Å². The van der Waals surface area contributed by atoms with Gasteiger partial charge >= 0.3 is 0 Å². The Morgan fingerprint density at radius 3 is 2.86 bits per heavy atom. The Labute approximate surface area is 87.5 Å². The molecule has 0 spiro atoms. The fourth-order valence-corrected chi connectivity index (χ4v) is 1.88. The third-order valence-electron chi connectivity index (χ3n) is 2.99. The maximum Gasteiger partial charge on any atom is 0.0605 e. The maximum absolute atomic E-state index is 9.94. The molecule has 0 aromatic rings. The number of aliphatic hydroxyl groups excluding tert-OH is 1. The van der Waals surface area contributed by atoms with Crippen LogP contribution in [0, 0.1) is 5.92 Å². The molecule has 0 saturated heterocycles. The summed E-state index contributed by atoms with van der Waals surface area (Å²) in [6.45, 7) is 6.34. The van der Waals surface area contributed by atoms with Crippen molar-refractivity contribution in [1.82, 2.24) is 0 Å². The van der Waals surface area contributed by atoms with Gasteiger partial charge in [-0.1, -0.05) is 23.3 Å². The summed E-state index contributed by atoms with van der Waals surface area (Å²) in [5.41, 5.74) is 2.78. The maximum atomic E-state index is 9.94. The molecule has 0 aromatic heterocycles. The molecule has 80 valence electrons. The lowest BCUT2D eigenvalue weighted by molar-refractivity contribution is 0.104. The molecule has 0 saturated carbocycles. The monoisotopic (exact) mass is 194 g/mol. The summed E-state index contributed by atoms with van der Waals surface area (Å²) >= 11 is 0. The van der Waals surface area contributed by atoms with Crippen LogP contribution in [-0.4, -0.2) is 11.2 Å². The molecule has 1 aliphatic rings. The van der Waals surface area contributed by atoms with Crippen molar-refractivity contribution in [1.29, 1.82) is 0 Å². The third-order valence-corrected chi connectivity index (χ3v) is 2.99. The van der Waals surface area contributed by atoms with Gasteiger partial charge in [0.05, 0.1) is 6.10 Å². The van der Waals surface area contributed by atoms with Crippen molar-refractivity contribution in [2.45, 2.75) is 52.6 Å². The van der Waals surface area contributed by atoms with Gasteiger partial charge in [-0.15, -0.1) is 0 Å². The molecular weight excluding hydrogens is 172 g/mol. The van der Waals surface area contributed by atoms with Gasteiger partial charge in [-0.3, -0.25) is 0 Å². The largest absolute Gasteiger partial charge is 0.393 e. The molecule has 0 aromatic carbocycles. The van der Waals surface area contributed by atoms with E-state index in [-0.39, 0.29) is 6.10 Å². The second-order valence-corrected chi connectivity index (χ2v) is 4.67. The molecule has 2 unspecified atom stereocenters. The standard InChI is InChI=1S/C13H22O/c1-10(2)4-9-13(14)12-7-5-11(3)6-8-12/h4-5,12-14H,6-9H2,1-3H3. The number of allylic oxidation sites excluding steroid dienone is 3. The lowest BCUT2D eigenvalue weighted by Gasteiger charge is -2.24. The summed E-state index contributed by atoms with van der Waals surface area (Å²) < 4.78 is 0. The van der Waals surface area contributed by atoms with Gasteiger partial charge in [0.25, 0.3) is 0 Å². The second-order valence-electron chi connectivity index (χ2n) is 4.67. The molecule has 0 radical (unpaired) electrons. The number of hydrogen-bond donors (Lipinski definition) is 1. The van der Waals surface area contributed by atoms with Crippen LogP contribution < -0.4 is 0 Å². The molecule has 0 heterocycles. The summed E-state index contributed by atoms with van der Waals surface area (Å²) in [4.78, 5) is 0. The van der Waals surface area contributed by atoms with E-state index in [0.717, 1.165) is 25.7 Å². The highest BCUT2D eigenvalue weighted by molar-refractivity contribution is 5.04. The van der Waals surface area contributed by atoms with Crippen LogP contribution in [0.1, 0.15) is 46.5 Å². The van der Waals surface area contributed by atoms with E-state index >= 15 is 0 Å². The van der Waals surface area contributed by atoms with Gasteiger partial charge < -0.3 is 5.11 Å². The van der Waals surface area contributed by atoms with E-state index in [1.807, 2.05) is 0 Å². The molecule has 0 bridgehead atoms. The summed E-state index contributed by atoms with van der Waals surface area (Å²) in [6, 6.07) is 0. The molecule has 1 heteroatoms. The summed E-state index contributed by atoms with van der Waals surface area (Å²) in [7, 11) is 0. The Balaban J connectivity index is 2.39. The zero-order chi connectivity index (χ0) is 10.6. The zero-order valence-electron chi connectivity index (χ0n) is 9.59. The van der Waals surface area contributed by atoms with Crippen molar-refractivity contribution in [2.24, 2.45) is 5.92 Å². The second kappa shape index (κ2) is 5.35. The minimum absolute atomic E-state index is 0.144. The van der Waals surface area contributed by atoms with Crippen LogP contribution in [0.3, 0.4) is 0 Å². The molecule has 14 heavy (non-hydrogen) atoms. The Hall–Kier alpha value is -0.560. The Morgan fingerprint density at radius 1 is 1.64 bits per heavy atom. The van der Waals surface area contributed by atoms with E-state index in [2.05, 4.69) is 32.9 Å². The van der Waals surface area contributed by atoms with Gasteiger partial charge in [0.1, 0.15) is 0 Å². The molecule has 0 amide bonds. The highest BCUT2D eigenvalue weighted by Crippen LogP contribution is 2.27. The van der Waals surface area contributed by atoms with Crippen LogP contribution >= 0.6 is 0 Å². The molecule has 1 nitrogen and oxygen atoms in total. The third kappa shape index (κ3) is 3.67. The summed E-state index contributed by atoms with van der Waals surface area (Å²) in [5, 5.41) is 9.94.